The van der Waals surface area contributed by atoms with Crippen molar-refractivity contribution in [3.8, 4) is 0 Å². The molecule has 1 aliphatic heterocycles. The van der Waals surface area contributed by atoms with Crippen LogP contribution >= 0.6 is 0 Å². The maximum Gasteiger partial charge on any atom is 0.331 e. The summed E-state index contributed by atoms with van der Waals surface area (Å²) in [5.41, 5.74) is 0.0962. The standard InChI is InChI=1S/C23H25FN2O5/c1-14(25(30)13-15-9-11-16(24)12-10-15)19(22(29)31-23(2,3)4)26-20(27)17-7-5-6-8-18(17)21(26)28/h5-12,14,19,30H,13H2,1-4H3/t14-,19-/m0/s1. The number of amides is 2. The van der Waals surface area contributed by atoms with Crippen LogP contribution in [0.5, 0.6) is 0 Å². The molecule has 0 fully saturated rings. The van der Waals surface area contributed by atoms with E-state index in [9.17, 15) is 24.0 Å². The Balaban J connectivity index is 1.93. The number of benzene rings is 2. The molecule has 2 aromatic carbocycles. The van der Waals surface area contributed by atoms with E-state index in [1.54, 1.807) is 32.9 Å². The monoisotopic (exact) mass is 428 g/mol. The molecule has 1 aliphatic rings. The van der Waals surface area contributed by atoms with Crippen molar-refractivity contribution in [1.82, 2.24) is 9.96 Å². The van der Waals surface area contributed by atoms with Gasteiger partial charge >= 0.3 is 5.97 Å². The zero-order valence-corrected chi connectivity index (χ0v) is 17.8. The second-order valence-corrected chi connectivity index (χ2v) is 8.47. The first kappa shape index (κ1) is 22.6. The van der Waals surface area contributed by atoms with E-state index >= 15 is 0 Å². The summed E-state index contributed by atoms with van der Waals surface area (Å²) in [7, 11) is 0. The molecule has 0 saturated carbocycles. The highest BCUT2D eigenvalue weighted by molar-refractivity contribution is 6.22. The van der Waals surface area contributed by atoms with Gasteiger partial charge in [0.15, 0.2) is 6.04 Å². The van der Waals surface area contributed by atoms with Crippen molar-refractivity contribution in [2.24, 2.45) is 0 Å². The smallest absolute Gasteiger partial charge is 0.331 e. The van der Waals surface area contributed by atoms with E-state index < -0.39 is 41.3 Å². The predicted octanol–water partition coefficient (Wildman–Crippen LogP) is 3.41. The lowest BCUT2D eigenvalue weighted by Crippen LogP contribution is -2.57. The number of rotatable bonds is 6. The summed E-state index contributed by atoms with van der Waals surface area (Å²) < 4.78 is 18.6. The SMILES string of the molecule is C[C@@H]([C@@H](C(=O)OC(C)(C)C)N1C(=O)c2ccccc2C1=O)N(O)Cc1ccc(F)cc1. The highest BCUT2D eigenvalue weighted by Gasteiger charge is 2.47. The fourth-order valence-electron chi connectivity index (χ4n) is 3.42. The molecule has 0 radical (unpaired) electrons. The Morgan fingerprint density at radius 3 is 2.06 bits per heavy atom. The molecular weight excluding hydrogens is 403 g/mol. The largest absolute Gasteiger partial charge is 0.458 e. The van der Waals surface area contributed by atoms with Crippen molar-refractivity contribution in [3.05, 3.63) is 71.0 Å². The molecule has 0 saturated heterocycles. The number of esters is 1. The van der Waals surface area contributed by atoms with Crippen LogP contribution in [0.4, 0.5) is 4.39 Å². The number of halogens is 1. The molecule has 0 bridgehead atoms. The van der Waals surface area contributed by atoms with Crippen LogP contribution < -0.4 is 0 Å². The molecule has 2 aromatic rings. The normalized spacial score (nSPS) is 15.8. The summed E-state index contributed by atoms with van der Waals surface area (Å²) >= 11 is 0. The van der Waals surface area contributed by atoms with Gasteiger partial charge in [-0.15, -0.1) is 0 Å². The van der Waals surface area contributed by atoms with Crippen molar-refractivity contribution in [1.29, 1.82) is 0 Å². The number of carbonyl (C=O) groups is 3. The lowest BCUT2D eigenvalue weighted by Gasteiger charge is -2.35. The van der Waals surface area contributed by atoms with Crippen LogP contribution in [0.25, 0.3) is 0 Å². The lowest BCUT2D eigenvalue weighted by atomic mass is 10.1. The minimum atomic E-state index is -1.39. The van der Waals surface area contributed by atoms with Gasteiger partial charge in [0.05, 0.1) is 17.2 Å². The molecule has 3 rings (SSSR count). The average Bonchev–Trinajstić information content (AvgIpc) is 2.94. The second kappa shape index (κ2) is 8.56. The Kier molecular flexibility index (Phi) is 6.24. The van der Waals surface area contributed by atoms with Crippen molar-refractivity contribution >= 4 is 17.8 Å². The Hall–Kier alpha value is -3.10. The van der Waals surface area contributed by atoms with Crippen LogP contribution in [-0.2, 0) is 16.1 Å². The topological polar surface area (TPSA) is 87.2 Å². The molecular formula is C23H25FN2O5. The van der Waals surface area contributed by atoms with Gasteiger partial charge < -0.3 is 9.94 Å². The number of hydrogen-bond donors (Lipinski definition) is 1. The van der Waals surface area contributed by atoms with Crippen LogP contribution in [0, 0.1) is 5.82 Å². The van der Waals surface area contributed by atoms with Crippen molar-refractivity contribution in [2.75, 3.05) is 0 Å². The first-order valence-electron chi connectivity index (χ1n) is 9.89. The first-order chi connectivity index (χ1) is 14.5. The number of imide groups is 1. The Morgan fingerprint density at radius 1 is 1.06 bits per heavy atom. The van der Waals surface area contributed by atoms with Gasteiger partial charge in [-0.3, -0.25) is 14.5 Å². The minimum absolute atomic E-state index is 0.0517. The summed E-state index contributed by atoms with van der Waals surface area (Å²) in [6.45, 7) is 6.48. The summed E-state index contributed by atoms with van der Waals surface area (Å²) in [5.74, 6) is -2.48. The summed E-state index contributed by atoms with van der Waals surface area (Å²) in [6.07, 6.45) is 0. The highest BCUT2D eigenvalue weighted by atomic mass is 19.1. The van der Waals surface area contributed by atoms with Gasteiger partial charge in [-0.25, -0.2) is 9.18 Å². The predicted molar refractivity (Wildman–Crippen MR) is 110 cm³/mol. The highest BCUT2D eigenvalue weighted by Crippen LogP contribution is 2.28. The zero-order valence-electron chi connectivity index (χ0n) is 17.8. The van der Waals surface area contributed by atoms with E-state index in [1.165, 1.54) is 43.3 Å². The first-order valence-corrected chi connectivity index (χ1v) is 9.89. The third kappa shape index (κ3) is 4.81. The van der Waals surface area contributed by atoms with Gasteiger partial charge in [0, 0.05) is 6.54 Å². The lowest BCUT2D eigenvalue weighted by molar-refractivity contribution is -0.177. The Labute approximate surface area is 180 Å². The van der Waals surface area contributed by atoms with Crippen molar-refractivity contribution in [2.45, 2.75) is 51.9 Å². The fourth-order valence-corrected chi connectivity index (χ4v) is 3.42. The molecule has 1 heterocycles. The molecule has 0 unspecified atom stereocenters. The molecule has 7 nitrogen and oxygen atoms in total. The van der Waals surface area contributed by atoms with Crippen LogP contribution in [0.3, 0.4) is 0 Å². The molecule has 0 aliphatic carbocycles. The van der Waals surface area contributed by atoms with Gasteiger partial charge in [-0.1, -0.05) is 24.3 Å². The van der Waals surface area contributed by atoms with E-state index in [0.717, 1.165) is 9.96 Å². The van der Waals surface area contributed by atoms with Crippen molar-refractivity contribution in [3.63, 3.8) is 0 Å². The van der Waals surface area contributed by atoms with E-state index in [-0.39, 0.29) is 17.7 Å². The van der Waals surface area contributed by atoms with Crippen LogP contribution in [0.2, 0.25) is 0 Å². The number of ether oxygens (including phenoxy) is 1. The molecule has 1 N–H and O–H groups in total. The zero-order chi connectivity index (χ0) is 22.9. The maximum absolute atomic E-state index is 13.2. The molecule has 164 valence electrons. The molecule has 8 heteroatoms. The van der Waals surface area contributed by atoms with Crippen LogP contribution in [0.15, 0.2) is 48.5 Å². The molecule has 2 amide bonds. The minimum Gasteiger partial charge on any atom is -0.458 e. The number of hydroxylamine groups is 2. The second-order valence-electron chi connectivity index (χ2n) is 8.47. The molecule has 0 aromatic heterocycles. The van der Waals surface area contributed by atoms with Crippen molar-refractivity contribution < 1.29 is 28.7 Å². The molecule has 31 heavy (non-hydrogen) atoms. The van der Waals surface area contributed by atoms with Gasteiger partial charge in [0.25, 0.3) is 11.8 Å². The van der Waals surface area contributed by atoms with E-state index in [2.05, 4.69) is 0 Å². The van der Waals surface area contributed by atoms with Gasteiger partial charge in [-0.2, -0.15) is 5.06 Å². The number of fused-ring (bicyclic) bond motifs is 1. The van der Waals surface area contributed by atoms with Crippen LogP contribution in [-0.4, -0.2) is 50.6 Å². The summed E-state index contributed by atoms with van der Waals surface area (Å²) in [4.78, 5) is 39.9. The Bertz CT molecular complexity index is 965. The maximum atomic E-state index is 13.2. The van der Waals surface area contributed by atoms with Gasteiger partial charge in [-0.05, 0) is 57.5 Å². The third-order valence-electron chi connectivity index (χ3n) is 4.94. The van der Waals surface area contributed by atoms with E-state index in [1.807, 2.05) is 0 Å². The molecule has 0 spiro atoms. The average molecular weight is 428 g/mol. The van der Waals surface area contributed by atoms with E-state index in [0.29, 0.717) is 5.56 Å². The molecule has 2 atom stereocenters. The third-order valence-corrected chi connectivity index (χ3v) is 4.94. The summed E-state index contributed by atoms with van der Waals surface area (Å²) in [6, 6.07) is 9.40. The summed E-state index contributed by atoms with van der Waals surface area (Å²) in [5, 5.41) is 11.5. The van der Waals surface area contributed by atoms with Gasteiger partial charge in [0.1, 0.15) is 11.4 Å². The quantitative estimate of drug-likeness (QED) is 0.431. The number of nitrogens with zero attached hydrogens (tertiary/aromatic N) is 2. The van der Waals surface area contributed by atoms with Gasteiger partial charge in [0.2, 0.25) is 0 Å². The van der Waals surface area contributed by atoms with E-state index in [4.69, 9.17) is 4.74 Å². The Morgan fingerprint density at radius 2 is 1.58 bits per heavy atom. The fraction of sp³-hybridized carbons (Fsp3) is 0.348. The number of hydrogen-bond acceptors (Lipinski definition) is 6. The number of carbonyl (C=O) groups excluding carboxylic acids is 3. The van der Waals surface area contributed by atoms with Crippen LogP contribution in [0.1, 0.15) is 54.0 Å².